The third kappa shape index (κ3) is 3.78. The molecule has 1 aliphatic rings. The molecule has 0 radical (unpaired) electrons. The first-order chi connectivity index (χ1) is 10.4. The minimum absolute atomic E-state index is 0.133. The molecule has 7 heteroatoms. The van der Waals surface area contributed by atoms with Crippen LogP contribution in [0.4, 0.5) is 0 Å². The van der Waals surface area contributed by atoms with Crippen molar-refractivity contribution in [3.8, 4) is 5.75 Å². The number of fused-ring (bicyclic) bond motifs is 1. The van der Waals surface area contributed by atoms with E-state index in [-0.39, 0.29) is 11.8 Å². The van der Waals surface area contributed by atoms with Gasteiger partial charge in [0.05, 0.1) is 7.11 Å². The molecule has 2 rings (SSSR count). The lowest BCUT2D eigenvalue weighted by molar-refractivity contribution is -0.128. The van der Waals surface area contributed by atoms with E-state index in [1.807, 2.05) is 25.1 Å². The average molecular weight is 326 g/mol. The fourth-order valence-corrected chi connectivity index (χ4v) is 3.37. The SMILES string of the molecule is CNS(=O)(=O)CC(=O)N1CCc2ccc(OC)cc2C(C)C1. The third-order valence-corrected chi connectivity index (χ3v) is 5.26. The fourth-order valence-electron chi connectivity index (χ4n) is 2.71. The fraction of sp³-hybridized carbons (Fsp3) is 0.533. The van der Waals surface area contributed by atoms with E-state index in [0.717, 1.165) is 17.7 Å². The van der Waals surface area contributed by atoms with Gasteiger partial charge in [-0.05, 0) is 42.6 Å². The molecule has 122 valence electrons. The topological polar surface area (TPSA) is 75.7 Å². The molecule has 6 nitrogen and oxygen atoms in total. The van der Waals surface area contributed by atoms with E-state index in [1.165, 1.54) is 12.6 Å². The highest BCUT2D eigenvalue weighted by molar-refractivity contribution is 7.90. The van der Waals surface area contributed by atoms with Crippen molar-refractivity contribution in [2.75, 3.05) is 33.0 Å². The second kappa shape index (κ2) is 6.66. The maximum absolute atomic E-state index is 12.2. The van der Waals surface area contributed by atoms with Crippen LogP contribution in [-0.4, -0.2) is 52.2 Å². The van der Waals surface area contributed by atoms with Crippen LogP contribution in [0.25, 0.3) is 0 Å². The van der Waals surface area contributed by atoms with Gasteiger partial charge in [0.1, 0.15) is 11.5 Å². The van der Waals surface area contributed by atoms with Crippen molar-refractivity contribution < 1.29 is 17.9 Å². The molecule has 0 fully saturated rings. The smallest absolute Gasteiger partial charge is 0.239 e. The first kappa shape index (κ1) is 16.8. The lowest BCUT2D eigenvalue weighted by atomic mass is 9.95. The van der Waals surface area contributed by atoms with E-state index in [1.54, 1.807) is 12.0 Å². The zero-order valence-electron chi connectivity index (χ0n) is 13.1. The first-order valence-electron chi connectivity index (χ1n) is 7.22. The minimum atomic E-state index is -3.54. The van der Waals surface area contributed by atoms with Crippen molar-refractivity contribution in [1.82, 2.24) is 9.62 Å². The number of amides is 1. The van der Waals surface area contributed by atoms with Gasteiger partial charge in [-0.2, -0.15) is 0 Å². The Morgan fingerprint density at radius 2 is 2.18 bits per heavy atom. The molecule has 1 aliphatic heterocycles. The normalized spacial score (nSPS) is 18.5. The highest BCUT2D eigenvalue weighted by Gasteiger charge is 2.26. The summed E-state index contributed by atoms with van der Waals surface area (Å²) in [5.41, 5.74) is 2.34. The van der Waals surface area contributed by atoms with Gasteiger partial charge in [0.15, 0.2) is 0 Å². The van der Waals surface area contributed by atoms with Crippen molar-refractivity contribution in [1.29, 1.82) is 0 Å². The largest absolute Gasteiger partial charge is 0.497 e. The van der Waals surface area contributed by atoms with Gasteiger partial charge in [0.25, 0.3) is 0 Å². The molecule has 0 saturated heterocycles. The van der Waals surface area contributed by atoms with Crippen LogP contribution in [0.5, 0.6) is 5.75 Å². The number of hydrogen-bond acceptors (Lipinski definition) is 4. The van der Waals surface area contributed by atoms with Gasteiger partial charge in [-0.1, -0.05) is 13.0 Å². The number of nitrogens with one attached hydrogen (secondary N) is 1. The Labute approximate surface area is 131 Å². The van der Waals surface area contributed by atoms with E-state index in [9.17, 15) is 13.2 Å². The van der Waals surface area contributed by atoms with E-state index < -0.39 is 15.8 Å². The zero-order chi connectivity index (χ0) is 16.3. The first-order valence-corrected chi connectivity index (χ1v) is 8.87. The van der Waals surface area contributed by atoms with E-state index in [4.69, 9.17) is 4.74 Å². The van der Waals surface area contributed by atoms with Crippen molar-refractivity contribution in [2.24, 2.45) is 0 Å². The summed E-state index contributed by atoms with van der Waals surface area (Å²) in [6.45, 7) is 3.08. The summed E-state index contributed by atoms with van der Waals surface area (Å²) in [7, 11) is -0.595. The van der Waals surface area contributed by atoms with Gasteiger partial charge in [0, 0.05) is 13.1 Å². The second-order valence-corrected chi connectivity index (χ2v) is 7.45. The van der Waals surface area contributed by atoms with Crippen LogP contribution < -0.4 is 9.46 Å². The Morgan fingerprint density at radius 3 is 2.82 bits per heavy atom. The maximum Gasteiger partial charge on any atom is 0.239 e. The second-order valence-electron chi connectivity index (χ2n) is 5.52. The molecule has 1 unspecified atom stereocenters. The molecule has 0 aromatic heterocycles. The number of sulfonamides is 1. The number of carbonyl (C=O) groups is 1. The summed E-state index contributed by atoms with van der Waals surface area (Å²) < 4.78 is 30.5. The summed E-state index contributed by atoms with van der Waals surface area (Å²) in [5, 5.41) is 0. The molecule has 0 aliphatic carbocycles. The zero-order valence-corrected chi connectivity index (χ0v) is 13.9. The summed E-state index contributed by atoms with van der Waals surface area (Å²) in [6, 6.07) is 5.93. The third-order valence-electron chi connectivity index (χ3n) is 4.01. The Morgan fingerprint density at radius 1 is 1.45 bits per heavy atom. The number of carbonyl (C=O) groups excluding carboxylic acids is 1. The van der Waals surface area contributed by atoms with Gasteiger partial charge in [-0.15, -0.1) is 0 Å². The lowest BCUT2D eigenvalue weighted by Gasteiger charge is -2.23. The van der Waals surface area contributed by atoms with E-state index >= 15 is 0 Å². The van der Waals surface area contributed by atoms with Gasteiger partial charge < -0.3 is 9.64 Å². The van der Waals surface area contributed by atoms with Crippen LogP contribution in [0.15, 0.2) is 18.2 Å². The molecule has 1 heterocycles. The van der Waals surface area contributed by atoms with Gasteiger partial charge in [-0.25, -0.2) is 13.1 Å². The van der Waals surface area contributed by atoms with Crippen molar-refractivity contribution in [3.05, 3.63) is 29.3 Å². The number of benzene rings is 1. The molecule has 0 saturated carbocycles. The van der Waals surface area contributed by atoms with Crippen molar-refractivity contribution in [2.45, 2.75) is 19.3 Å². The molecular weight excluding hydrogens is 304 g/mol. The Kier molecular flexibility index (Phi) is 5.08. The maximum atomic E-state index is 12.2. The van der Waals surface area contributed by atoms with Gasteiger partial charge in [0.2, 0.25) is 15.9 Å². The lowest BCUT2D eigenvalue weighted by Crippen LogP contribution is -2.40. The summed E-state index contributed by atoms with van der Waals surface area (Å²) in [6.07, 6.45) is 0.717. The molecule has 0 spiro atoms. The number of hydrogen-bond donors (Lipinski definition) is 1. The van der Waals surface area contributed by atoms with Crippen LogP contribution in [0.3, 0.4) is 0 Å². The van der Waals surface area contributed by atoms with Crippen LogP contribution in [-0.2, 0) is 21.2 Å². The standard InChI is InChI=1S/C15H22N2O4S/c1-11-9-17(15(18)10-22(19,20)16-2)7-6-12-4-5-13(21-3)8-14(11)12/h4-5,8,11,16H,6-7,9-10H2,1-3H3. The summed E-state index contributed by atoms with van der Waals surface area (Å²) in [4.78, 5) is 13.9. The molecular formula is C15H22N2O4S. The van der Waals surface area contributed by atoms with E-state index in [0.29, 0.717) is 13.1 Å². The number of ether oxygens (including phenoxy) is 1. The molecule has 1 amide bonds. The minimum Gasteiger partial charge on any atom is -0.497 e. The van der Waals surface area contributed by atoms with Crippen LogP contribution in [0.1, 0.15) is 24.0 Å². The van der Waals surface area contributed by atoms with Gasteiger partial charge in [-0.3, -0.25) is 4.79 Å². The highest BCUT2D eigenvalue weighted by Crippen LogP contribution is 2.28. The molecule has 22 heavy (non-hydrogen) atoms. The predicted molar refractivity (Wildman–Crippen MR) is 84.5 cm³/mol. The summed E-state index contributed by atoms with van der Waals surface area (Å²) in [5.74, 6) is 0.0635. The molecule has 1 aromatic rings. The summed E-state index contributed by atoms with van der Waals surface area (Å²) >= 11 is 0. The van der Waals surface area contributed by atoms with Crippen molar-refractivity contribution in [3.63, 3.8) is 0 Å². The van der Waals surface area contributed by atoms with Gasteiger partial charge >= 0.3 is 0 Å². The molecule has 1 N–H and O–H groups in total. The van der Waals surface area contributed by atoms with Crippen LogP contribution in [0, 0.1) is 0 Å². The molecule has 1 aromatic carbocycles. The molecule has 0 bridgehead atoms. The average Bonchev–Trinajstić information content (AvgIpc) is 2.66. The monoisotopic (exact) mass is 326 g/mol. The van der Waals surface area contributed by atoms with Crippen LogP contribution >= 0.6 is 0 Å². The van der Waals surface area contributed by atoms with E-state index in [2.05, 4.69) is 4.72 Å². The van der Waals surface area contributed by atoms with Crippen molar-refractivity contribution >= 4 is 15.9 Å². The number of rotatable bonds is 4. The quantitative estimate of drug-likeness (QED) is 0.885. The Bertz CT molecular complexity index is 658. The predicted octanol–water partition coefficient (Wildman–Crippen LogP) is 0.733. The highest BCUT2D eigenvalue weighted by atomic mass is 32.2. The number of methoxy groups -OCH3 is 1. The Hall–Kier alpha value is -1.60. The molecule has 1 atom stereocenters. The Balaban J connectivity index is 2.17. The van der Waals surface area contributed by atoms with Crippen LogP contribution in [0.2, 0.25) is 0 Å². The number of nitrogens with zero attached hydrogens (tertiary/aromatic N) is 1.